The molecule has 2 aliphatic rings. The van der Waals surface area contributed by atoms with E-state index >= 15 is 0 Å². The van der Waals surface area contributed by atoms with Gasteiger partial charge in [0.05, 0.1) is 11.2 Å². The van der Waals surface area contributed by atoms with Gasteiger partial charge in [-0.3, -0.25) is 0 Å². The van der Waals surface area contributed by atoms with Gasteiger partial charge in [-0.2, -0.15) is 0 Å². The van der Waals surface area contributed by atoms with E-state index in [1.807, 2.05) is 0 Å². The van der Waals surface area contributed by atoms with E-state index in [9.17, 15) is 0 Å². The summed E-state index contributed by atoms with van der Waals surface area (Å²) in [6, 6.07) is 89.5. The topological polar surface area (TPSA) is 8.17 Å². The second-order valence-electron chi connectivity index (χ2n) is 30.7. The van der Waals surface area contributed by atoms with Crippen LogP contribution in [0.25, 0.3) is 93.5 Å². The molecule has 14 rings (SSSR count). The molecule has 2 nitrogen and oxygen atoms in total. The predicted octanol–water partition coefficient (Wildman–Crippen LogP) is 22.0. The fourth-order valence-corrected chi connectivity index (χ4v) is 14.2. The van der Waals surface area contributed by atoms with Crippen molar-refractivity contribution in [2.24, 2.45) is 0 Å². The zero-order valence-corrected chi connectivity index (χ0v) is 54.9. The van der Waals surface area contributed by atoms with Crippen molar-refractivity contribution in [3.8, 4) is 50.2 Å². The molecule has 0 unspecified atom stereocenters. The molecule has 0 saturated carbocycles. The minimum Gasteiger partial charge on any atom is -0.310 e. The first-order valence-corrected chi connectivity index (χ1v) is 32.3. The van der Waals surface area contributed by atoms with Crippen LogP contribution in [0.5, 0.6) is 0 Å². The lowest BCUT2D eigenvalue weighted by molar-refractivity contribution is 0.568. The molecule has 0 N–H and O–H groups in total. The lowest BCUT2D eigenvalue weighted by atomic mass is 9.33. The van der Waals surface area contributed by atoms with Crippen LogP contribution in [0.4, 0.5) is 17.1 Å². The van der Waals surface area contributed by atoms with Crippen molar-refractivity contribution in [1.29, 1.82) is 0 Å². The van der Waals surface area contributed by atoms with E-state index in [0.29, 0.717) is 0 Å². The molecule has 89 heavy (non-hydrogen) atoms. The van der Waals surface area contributed by atoms with Crippen LogP contribution in [-0.4, -0.2) is 11.3 Å². The van der Waals surface area contributed by atoms with Gasteiger partial charge in [0, 0.05) is 44.5 Å². The van der Waals surface area contributed by atoms with E-state index in [2.05, 4.69) is 344 Å². The van der Waals surface area contributed by atoms with Gasteiger partial charge in [0.25, 0.3) is 6.71 Å². The molecule has 3 heterocycles. The van der Waals surface area contributed by atoms with E-state index in [-0.39, 0.29) is 33.8 Å². The summed E-state index contributed by atoms with van der Waals surface area (Å²) in [5, 5.41) is 7.32. The standard InChI is InChI=1S/C86H83BN2/c1-82(2,3)60-43-57(44-61(50-60)83(4,5)6)56-41-42-73-76(49-56)89(80-65(54-29-18-16-19-30-54)38-28-39-66(80)55-31-20-17-21-32-55)78-53-64(86(13,14)15)52-77-79(78)87(73)74-48-59(58-45-62(84(7,8)9)51-63(46-58)85(10,11)12)47-72-70-36-25-23-34-68(70)67-33-22-24-35-69(67)71-37-26-27-40-75(71)88(77)81(72)74/h16-53H,1-15H3. The normalized spacial score (nSPS) is 13.3. The van der Waals surface area contributed by atoms with Crippen LogP contribution in [0.2, 0.25) is 0 Å². The summed E-state index contributed by atoms with van der Waals surface area (Å²) < 4.78 is 2.71. The van der Waals surface area contributed by atoms with Crippen molar-refractivity contribution >= 4 is 83.5 Å². The minimum atomic E-state index is -0.249. The number of anilines is 3. The molecule has 11 aromatic carbocycles. The molecule has 0 atom stereocenters. The average Bonchev–Trinajstić information content (AvgIpc) is 1.34. The van der Waals surface area contributed by atoms with Gasteiger partial charge in [-0.1, -0.05) is 304 Å². The van der Waals surface area contributed by atoms with Gasteiger partial charge >= 0.3 is 0 Å². The van der Waals surface area contributed by atoms with Crippen molar-refractivity contribution in [2.45, 2.75) is 131 Å². The maximum absolute atomic E-state index is 2.72. The lowest BCUT2D eigenvalue weighted by Gasteiger charge is -2.43. The molecule has 0 spiro atoms. The van der Waals surface area contributed by atoms with Gasteiger partial charge in [0.1, 0.15) is 0 Å². The van der Waals surface area contributed by atoms with Gasteiger partial charge in [-0.15, -0.1) is 0 Å². The summed E-state index contributed by atoms with van der Waals surface area (Å²) in [5.74, 6) is 0. The highest BCUT2D eigenvalue weighted by atomic mass is 15.2. The van der Waals surface area contributed by atoms with Crippen LogP contribution in [0.3, 0.4) is 0 Å². The molecular weight excluding hydrogens is 1070 g/mol. The summed E-state index contributed by atoms with van der Waals surface area (Å²) in [6.45, 7) is 35.3. The number of benzene rings is 11. The quantitative estimate of drug-likeness (QED) is 0.156. The van der Waals surface area contributed by atoms with Crippen molar-refractivity contribution in [2.75, 3.05) is 4.90 Å². The molecule has 12 aromatic rings. The number of aromatic nitrogens is 1. The molecule has 1 aromatic heterocycles. The zero-order valence-electron chi connectivity index (χ0n) is 54.9. The highest BCUT2D eigenvalue weighted by molar-refractivity contribution is 7.00. The van der Waals surface area contributed by atoms with Crippen molar-refractivity contribution in [3.05, 3.63) is 258 Å². The number of rotatable bonds is 5. The van der Waals surface area contributed by atoms with Crippen LogP contribution < -0.4 is 21.3 Å². The summed E-state index contributed by atoms with van der Waals surface area (Å²) in [5.41, 5.74) is 26.7. The smallest absolute Gasteiger partial charge is 0.252 e. The molecule has 0 radical (unpaired) electrons. The highest BCUT2D eigenvalue weighted by Crippen LogP contribution is 2.51. The van der Waals surface area contributed by atoms with Crippen LogP contribution >= 0.6 is 0 Å². The average molecular weight is 1160 g/mol. The van der Waals surface area contributed by atoms with Crippen molar-refractivity contribution in [1.82, 2.24) is 4.57 Å². The van der Waals surface area contributed by atoms with Crippen LogP contribution in [0.1, 0.15) is 132 Å². The fourth-order valence-electron chi connectivity index (χ4n) is 14.2. The fraction of sp³-hybridized carbons (Fsp3) is 0.233. The highest BCUT2D eigenvalue weighted by Gasteiger charge is 2.44. The maximum atomic E-state index is 2.72. The Hall–Kier alpha value is -8.92. The Bertz CT molecular complexity index is 4780. The Kier molecular flexibility index (Phi) is 13.5. The largest absolute Gasteiger partial charge is 0.310 e. The van der Waals surface area contributed by atoms with Gasteiger partial charge in [-0.05, 0) is 157 Å². The molecule has 3 heteroatoms. The molecule has 0 bridgehead atoms. The summed E-state index contributed by atoms with van der Waals surface area (Å²) in [4.78, 5) is 2.72. The first kappa shape index (κ1) is 57.8. The molecular formula is C86H83BN2. The number of hydrogen-bond donors (Lipinski definition) is 0. The third kappa shape index (κ3) is 9.97. The Labute approximate surface area is 529 Å². The van der Waals surface area contributed by atoms with E-state index in [4.69, 9.17) is 0 Å². The predicted molar refractivity (Wildman–Crippen MR) is 388 cm³/mol. The Morgan fingerprint density at radius 2 is 0.674 bits per heavy atom. The molecule has 0 amide bonds. The number of hydrogen-bond acceptors (Lipinski definition) is 1. The number of para-hydroxylation sites is 2. The van der Waals surface area contributed by atoms with E-state index in [1.165, 1.54) is 144 Å². The van der Waals surface area contributed by atoms with Gasteiger partial charge < -0.3 is 9.47 Å². The van der Waals surface area contributed by atoms with Crippen LogP contribution in [0, 0.1) is 0 Å². The van der Waals surface area contributed by atoms with Gasteiger partial charge in [0.2, 0.25) is 0 Å². The third-order valence-corrected chi connectivity index (χ3v) is 19.3. The molecule has 0 aliphatic carbocycles. The summed E-state index contributed by atoms with van der Waals surface area (Å²) in [6.07, 6.45) is 0. The van der Waals surface area contributed by atoms with Crippen LogP contribution in [-0.2, 0) is 27.1 Å². The number of nitrogens with zero attached hydrogens (tertiary/aromatic N) is 2. The maximum Gasteiger partial charge on any atom is 0.252 e. The number of fused-ring (bicyclic) bond motifs is 11. The SMILES string of the molecule is CC(C)(C)c1cc(-c2ccc3c(c2)N(c2c(-c4ccccc4)cccc2-c2ccccc2)c2cc(C(C)(C)C)cc4c2B3c2cc(-c3cc(C(C)(C)C)cc(C(C)(C)C)c3)cc3c5ccccc5c5ccccc5c5ccccc5n-4c23)cc(C(C)(C)C)c1. The van der Waals surface area contributed by atoms with E-state index in [0.717, 1.165) is 11.2 Å². The Balaban J connectivity index is 1.24. The molecule has 2 aliphatic heterocycles. The lowest BCUT2D eigenvalue weighted by Crippen LogP contribution is -2.60. The van der Waals surface area contributed by atoms with Crippen molar-refractivity contribution < 1.29 is 0 Å². The monoisotopic (exact) mass is 1150 g/mol. The van der Waals surface area contributed by atoms with Gasteiger partial charge in [0.15, 0.2) is 0 Å². The Morgan fingerprint density at radius 1 is 0.270 bits per heavy atom. The van der Waals surface area contributed by atoms with Crippen molar-refractivity contribution in [3.63, 3.8) is 0 Å². The second-order valence-corrected chi connectivity index (χ2v) is 30.7. The van der Waals surface area contributed by atoms with E-state index < -0.39 is 0 Å². The molecule has 0 fully saturated rings. The minimum absolute atomic E-state index is 0.0681. The molecule has 0 saturated heterocycles. The van der Waals surface area contributed by atoms with Gasteiger partial charge in [-0.25, -0.2) is 0 Å². The summed E-state index contributed by atoms with van der Waals surface area (Å²) in [7, 11) is 0. The van der Waals surface area contributed by atoms with E-state index in [1.54, 1.807) is 0 Å². The second kappa shape index (κ2) is 20.8. The molecule has 440 valence electrons. The first-order valence-electron chi connectivity index (χ1n) is 32.3. The Morgan fingerprint density at radius 3 is 1.17 bits per heavy atom. The van der Waals surface area contributed by atoms with Crippen LogP contribution in [0.15, 0.2) is 231 Å². The third-order valence-electron chi connectivity index (χ3n) is 19.3. The zero-order chi connectivity index (χ0) is 62.3. The first-order chi connectivity index (χ1) is 42.3. The summed E-state index contributed by atoms with van der Waals surface area (Å²) >= 11 is 0.